The molecule has 3 rings (SSSR count). The highest BCUT2D eigenvalue weighted by Crippen LogP contribution is 2.21. The number of carbonyl (C=O) groups excluding carboxylic acids is 2. The standard InChI is InChI=1S/C21H14FNO4/c22-16-10-11-18(17(12-16)19(24)21(26)27)23-20(25)15-8-6-14(7-9-15)13-4-2-1-3-5-13/h1-12H,(H,23,25)(H,26,27). The summed E-state index contributed by atoms with van der Waals surface area (Å²) in [5, 5.41) is 11.3. The second kappa shape index (κ2) is 7.61. The number of rotatable bonds is 5. The van der Waals surface area contributed by atoms with E-state index in [4.69, 9.17) is 5.11 Å². The number of benzene rings is 3. The number of nitrogens with one attached hydrogen (secondary N) is 1. The molecule has 0 spiro atoms. The van der Waals surface area contributed by atoms with Crippen molar-refractivity contribution < 1.29 is 23.9 Å². The predicted molar refractivity (Wildman–Crippen MR) is 98.2 cm³/mol. The van der Waals surface area contributed by atoms with E-state index in [9.17, 15) is 18.8 Å². The predicted octanol–water partition coefficient (Wildman–Crippen LogP) is 4.01. The van der Waals surface area contributed by atoms with E-state index in [2.05, 4.69) is 5.32 Å². The lowest BCUT2D eigenvalue weighted by atomic mass is 10.0. The minimum absolute atomic E-state index is 0.0686. The van der Waals surface area contributed by atoms with Gasteiger partial charge in [-0.25, -0.2) is 9.18 Å². The van der Waals surface area contributed by atoms with Crippen molar-refractivity contribution in [3.8, 4) is 11.1 Å². The third kappa shape index (κ3) is 4.07. The highest BCUT2D eigenvalue weighted by Gasteiger charge is 2.21. The minimum Gasteiger partial charge on any atom is -0.475 e. The largest absolute Gasteiger partial charge is 0.475 e. The Morgan fingerprint density at radius 2 is 1.44 bits per heavy atom. The van der Waals surface area contributed by atoms with Crippen LogP contribution in [-0.4, -0.2) is 22.8 Å². The first-order valence-corrected chi connectivity index (χ1v) is 8.00. The molecule has 0 saturated heterocycles. The van der Waals surface area contributed by atoms with Crippen LogP contribution in [0.3, 0.4) is 0 Å². The SMILES string of the molecule is O=C(O)C(=O)c1cc(F)ccc1NC(=O)c1ccc(-c2ccccc2)cc1. The molecule has 0 radical (unpaired) electrons. The Morgan fingerprint density at radius 1 is 0.815 bits per heavy atom. The molecule has 6 heteroatoms. The first-order valence-electron chi connectivity index (χ1n) is 8.00. The number of halogens is 1. The van der Waals surface area contributed by atoms with Gasteiger partial charge in [-0.05, 0) is 41.5 Å². The lowest BCUT2D eigenvalue weighted by Gasteiger charge is -2.10. The van der Waals surface area contributed by atoms with Crippen LogP contribution in [0.25, 0.3) is 11.1 Å². The zero-order chi connectivity index (χ0) is 19.4. The fourth-order valence-corrected chi connectivity index (χ4v) is 2.57. The van der Waals surface area contributed by atoms with E-state index >= 15 is 0 Å². The molecule has 0 aliphatic heterocycles. The Balaban J connectivity index is 1.84. The van der Waals surface area contributed by atoms with Crippen molar-refractivity contribution in [3.63, 3.8) is 0 Å². The Kier molecular flexibility index (Phi) is 5.08. The number of amides is 1. The molecule has 0 heterocycles. The molecule has 0 fully saturated rings. The third-order valence-corrected chi connectivity index (χ3v) is 3.92. The van der Waals surface area contributed by atoms with Gasteiger partial charge in [-0.1, -0.05) is 42.5 Å². The van der Waals surface area contributed by atoms with Gasteiger partial charge in [0.25, 0.3) is 11.7 Å². The Labute approximate surface area is 154 Å². The first-order chi connectivity index (χ1) is 13.0. The number of carboxylic acid groups (broad SMARTS) is 1. The van der Waals surface area contributed by atoms with Gasteiger partial charge in [0, 0.05) is 5.56 Å². The molecular formula is C21H14FNO4. The van der Waals surface area contributed by atoms with Crippen LogP contribution in [0.2, 0.25) is 0 Å². The monoisotopic (exact) mass is 363 g/mol. The van der Waals surface area contributed by atoms with Crippen LogP contribution in [0.4, 0.5) is 10.1 Å². The van der Waals surface area contributed by atoms with E-state index < -0.39 is 29.0 Å². The van der Waals surface area contributed by atoms with Gasteiger partial charge in [-0.2, -0.15) is 0 Å². The van der Waals surface area contributed by atoms with E-state index in [0.29, 0.717) is 5.56 Å². The first kappa shape index (κ1) is 18.0. The van der Waals surface area contributed by atoms with Gasteiger partial charge in [0.1, 0.15) is 5.82 Å². The quantitative estimate of drug-likeness (QED) is 0.530. The summed E-state index contributed by atoms with van der Waals surface area (Å²) in [7, 11) is 0. The molecule has 3 aromatic rings. The molecule has 0 aromatic heterocycles. The molecule has 5 nitrogen and oxygen atoms in total. The van der Waals surface area contributed by atoms with Crippen LogP contribution in [0.1, 0.15) is 20.7 Å². The van der Waals surface area contributed by atoms with Gasteiger partial charge in [-0.15, -0.1) is 0 Å². The van der Waals surface area contributed by atoms with Crippen molar-refractivity contribution in [2.45, 2.75) is 0 Å². The number of carboxylic acids is 1. The number of ketones is 1. The number of hydrogen-bond donors (Lipinski definition) is 2. The summed E-state index contributed by atoms with van der Waals surface area (Å²) in [4.78, 5) is 35.1. The van der Waals surface area contributed by atoms with E-state index in [1.54, 1.807) is 24.3 Å². The Hall–Kier alpha value is -3.80. The molecule has 0 atom stereocenters. The van der Waals surface area contributed by atoms with Gasteiger partial charge >= 0.3 is 5.97 Å². The van der Waals surface area contributed by atoms with Crippen molar-refractivity contribution in [1.82, 2.24) is 0 Å². The number of aliphatic carboxylic acids is 1. The van der Waals surface area contributed by atoms with E-state index in [1.165, 1.54) is 0 Å². The summed E-state index contributed by atoms with van der Waals surface area (Å²) < 4.78 is 13.4. The Morgan fingerprint density at radius 3 is 2.07 bits per heavy atom. The molecule has 27 heavy (non-hydrogen) atoms. The molecule has 3 aromatic carbocycles. The maximum Gasteiger partial charge on any atom is 0.377 e. The minimum atomic E-state index is -1.73. The third-order valence-electron chi connectivity index (χ3n) is 3.92. The topological polar surface area (TPSA) is 83.5 Å². The number of carbonyl (C=O) groups is 3. The van der Waals surface area contributed by atoms with Gasteiger partial charge in [0.05, 0.1) is 11.3 Å². The molecule has 0 unspecified atom stereocenters. The molecule has 0 bridgehead atoms. The lowest BCUT2D eigenvalue weighted by molar-refractivity contribution is -0.131. The molecule has 0 aliphatic rings. The van der Waals surface area contributed by atoms with Crippen molar-refractivity contribution in [2.75, 3.05) is 5.32 Å². The van der Waals surface area contributed by atoms with Crippen molar-refractivity contribution in [2.24, 2.45) is 0 Å². The van der Waals surface area contributed by atoms with Gasteiger partial charge in [0.2, 0.25) is 0 Å². The molecule has 0 aliphatic carbocycles. The van der Waals surface area contributed by atoms with Crippen molar-refractivity contribution in [3.05, 3.63) is 89.7 Å². The van der Waals surface area contributed by atoms with Crippen LogP contribution in [0, 0.1) is 5.82 Å². The number of Topliss-reactive ketones (excluding diaryl/α,β-unsaturated/α-hetero) is 1. The summed E-state index contributed by atoms with van der Waals surface area (Å²) in [5.74, 6) is -4.35. The summed E-state index contributed by atoms with van der Waals surface area (Å²) >= 11 is 0. The average molecular weight is 363 g/mol. The van der Waals surface area contributed by atoms with Crippen LogP contribution in [0.5, 0.6) is 0 Å². The lowest BCUT2D eigenvalue weighted by Crippen LogP contribution is -2.19. The number of hydrogen-bond acceptors (Lipinski definition) is 3. The Bertz CT molecular complexity index is 1010. The normalized spacial score (nSPS) is 10.3. The molecule has 2 N–H and O–H groups in total. The summed E-state index contributed by atoms with van der Waals surface area (Å²) in [6.07, 6.45) is 0. The number of anilines is 1. The maximum atomic E-state index is 13.4. The van der Waals surface area contributed by atoms with Gasteiger partial charge in [0.15, 0.2) is 0 Å². The van der Waals surface area contributed by atoms with Crippen LogP contribution in [-0.2, 0) is 4.79 Å². The van der Waals surface area contributed by atoms with Crippen molar-refractivity contribution in [1.29, 1.82) is 0 Å². The van der Waals surface area contributed by atoms with Gasteiger partial charge < -0.3 is 10.4 Å². The maximum absolute atomic E-state index is 13.4. The second-order valence-electron chi connectivity index (χ2n) is 5.72. The van der Waals surface area contributed by atoms with E-state index in [1.807, 2.05) is 30.3 Å². The van der Waals surface area contributed by atoms with Crippen LogP contribution >= 0.6 is 0 Å². The summed E-state index contributed by atoms with van der Waals surface area (Å²) in [6.45, 7) is 0. The molecule has 134 valence electrons. The summed E-state index contributed by atoms with van der Waals surface area (Å²) in [5.41, 5.74) is 1.75. The van der Waals surface area contributed by atoms with Crippen LogP contribution < -0.4 is 5.32 Å². The zero-order valence-electron chi connectivity index (χ0n) is 14.0. The van der Waals surface area contributed by atoms with Crippen molar-refractivity contribution >= 4 is 23.3 Å². The smallest absolute Gasteiger partial charge is 0.377 e. The summed E-state index contributed by atoms with van der Waals surface area (Å²) in [6, 6.07) is 19.4. The van der Waals surface area contributed by atoms with E-state index in [-0.39, 0.29) is 5.69 Å². The second-order valence-corrected chi connectivity index (χ2v) is 5.72. The van der Waals surface area contributed by atoms with Crippen LogP contribution in [0.15, 0.2) is 72.8 Å². The molecule has 0 saturated carbocycles. The zero-order valence-corrected chi connectivity index (χ0v) is 14.0. The average Bonchev–Trinajstić information content (AvgIpc) is 2.69. The fourth-order valence-electron chi connectivity index (χ4n) is 2.57. The highest BCUT2D eigenvalue weighted by atomic mass is 19.1. The fraction of sp³-hybridized carbons (Fsp3) is 0. The molecule has 1 amide bonds. The molecular weight excluding hydrogens is 349 g/mol. The van der Waals surface area contributed by atoms with Gasteiger partial charge in [-0.3, -0.25) is 9.59 Å². The highest BCUT2D eigenvalue weighted by molar-refractivity contribution is 6.41. The van der Waals surface area contributed by atoms with E-state index in [0.717, 1.165) is 29.3 Å².